The van der Waals surface area contributed by atoms with Crippen LogP contribution in [0.3, 0.4) is 0 Å². The number of thiophene rings is 1. The summed E-state index contributed by atoms with van der Waals surface area (Å²) in [4.78, 5) is 9.70. The van der Waals surface area contributed by atoms with E-state index in [-0.39, 0.29) is 0 Å². The fourth-order valence-corrected chi connectivity index (χ4v) is 2.43. The highest BCUT2D eigenvalue weighted by atomic mass is 32.1. The minimum atomic E-state index is 0.593. The second-order valence-corrected chi connectivity index (χ2v) is 6.10. The maximum absolute atomic E-state index is 5.49. The summed E-state index contributed by atoms with van der Waals surface area (Å²) in [6.07, 6.45) is 2.80. The maximum atomic E-state index is 5.49. The van der Waals surface area contributed by atoms with Crippen molar-refractivity contribution in [3.63, 3.8) is 0 Å². The van der Waals surface area contributed by atoms with E-state index in [9.17, 15) is 0 Å². The van der Waals surface area contributed by atoms with Crippen LogP contribution in [0.4, 0.5) is 0 Å². The van der Waals surface area contributed by atoms with Crippen LogP contribution in [0.1, 0.15) is 26.0 Å². The number of oxazole rings is 1. The molecule has 2 heterocycles. The van der Waals surface area contributed by atoms with Gasteiger partial charge in [0.05, 0.1) is 17.1 Å². The topological polar surface area (TPSA) is 62.5 Å². The van der Waals surface area contributed by atoms with Crippen molar-refractivity contribution in [2.75, 3.05) is 13.6 Å². The van der Waals surface area contributed by atoms with Crippen molar-refractivity contribution < 1.29 is 4.42 Å². The molecule has 0 fully saturated rings. The minimum absolute atomic E-state index is 0.593. The molecule has 0 spiro atoms. The summed E-state index contributed by atoms with van der Waals surface area (Å²) >= 11 is 1.62. The predicted octanol–water partition coefficient (Wildman–Crippen LogP) is 3.11. The van der Waals surface area contributed by atoms with Gasteiger partial charge in [0.2, 0.25) is 5.89 Å². The highest BCUT2D eigenvalue weighted by Gasteiger charge is 2.08. The SMILES string of the molecule is CN=C(NCCC(C)C)NCc1coc(-c2cccs2)n1. The largest absolute Gasteiger partial charge is 0.443 e. The van der Waals surface area contributed by atoms with Gasteiger partial charge in [-0.05, 0) is 23.8 Å². The molecule has 0 radical (unpaired) electrons. The zero-order valence-corrected chi connectivity index (χ0v) is 13.5. The molecule has 2 N–H and O–H groups in total. The fraction of sp³-hybridized carbons (Fsp3) is 0.467. The van der Waals surface area contributed by atoms with Crippen LogP contribution >= 0.6 is 11.3 Å². The Kier molecular flexibility index (Phi) is 5.80. The van der Waals surface area contributed by atoms with E-state index in [0.717, 1.165) is 29.5 Å². The molecule has 114 valence electrons. The lowest BCUT2D eigenvalue weighted by Crippen LogP contribution is -2.37. The van der Waals surface area contributed by atoms with Crippen molar-refractivity contribution in [1.29, 1.82) is 0 Å². The van der Waals surface area contributed by atoms with E-state index in [1.54, 1.807) is 24.6 Å². The molecule has 0 bridgehead atoms. The van der Waals surface area contributed by atoms with E-state index < -0.39 is 0 Å². The Hall–Kier alpha value is -1.82. The van der Waals surface area contributed by atoms with Crippen LogP contribution in [0, 0.1) is 5.92 Å². The second-order valence-electron chi connectivity index (χ2n) is 5.16. The van der Waals surface area contributed by atoms with Gasteiger partial charge in [0, 0.05) is 13.6 Å². The van der Waals surface area contributed by atoms with Gasteiger partial charge in [-0.25, -0.2) is 4.98 Å². The highest BCUT2D eigenvalue weighted by Crippen LogP contribution is 2.23. The monoisotopic (exact) mass is 306 g/mol. The van der Waals surface area contributed by atoms with Crippen LogP contribution in [0.15, 0.2) is 33.2 Å². The molecule has 5 nitrogen and oxygen atoms in total. The first-order valence-corrected chi connectivity index (χ1v) is 7.99. The Morgan fingerprint density at radius 1 is 1.43 bits per heavy atom. The smallest absolute Gasteiger partial charge is 0.236 e. The first-order valence-electron chi connectivity index (χ1n) is 7.12. The van der Waals surface area contributed by atoms with Gasteiger partial charge in [-0.1, -0.05) is 19.9 Å². The molecule has 2 aromatic rings. The summed E-state index contributed by atoms with van der Waals surface area (Å²) in [5.74, 6) is 2.14. The summed E-state index contributed by atoms with van der Waals surface area (Å²) in [6.45, 7) is 5.92. The Morgan fingerprint density at radius 2 is 2.29 bits per heavy atom. The molecule has 2 rings (SSSR count). The standard InChI is InChI=1S/C15H22N4OS/c1-11(2)6-7-17-15(16-3)18-9-12-10-20-14(19-12)13-5-4-8-21-13/h4-5,8,10-11H,6-7,9H2,1-3H3,(H2,16,17,18). The van der Waals surface area contributed by atoms with E-state index >= 15 is 0 Å². The van der Waals surface area contributed by atoms with Crippen molar-refractivity contribution in [2.45, 2.75) is 26.8 Å². The molecule has 0 aromatic carbocycles. The number of aromatic nitrogens is 1. The summed E-state index contributed by atoms with van der Waals surface area (Å²) in [6, 6.07) is 3.99. The number of rotatable bonds is 6. The normalized spacial score (nSPS) is 11.9. The Morgan fingerprint density at radius 3 is 2.95 bits per heavy atom. The average Bonchev–Trinajstić information content (AvgIpc) is 3.12. The van der Waals surface area contributed by atoms with E-state index in [4.69, 9.17) is 4.42 Å². The van der Waals surface area contributed by atoms with Crippen LogP contribution in [-0.2, 0) is 6.54 Å². The predicted molar refractivity (Wildman–Crippen MR) is 87.5 cm³/mol. The van der Waals surface area contributed by atoms with Gasteiger partial charge >= 0.3 is 0 Å². The van der Waals surface area contributed by atoms with Crippen LogP contribution in [0.5, 0.6) is 0 Å². The maximum Gasteiger partial charge on any atom is 0.236 e. The number of nitrogens with zero attached hydrogens (tertiary/aromatic N) is 2. The first-order chi connectivity index (χ1) is 10.2. The van der Waals surface area contributed by atoms with Gasteiger partial charge in [0.15, 0.2) is 5.96 Å². The lowest BCUT2D eigenvalue weighted by molar-refractivity contribution is 0.570. The molecule has 0 saturated carbocycles. The second kappa shape index (κ2) is 7.83. The van der Waals surface area contributed by atoms with Crippen molar-refractivity contribution in [1.82, 2.24) is 15.6 Å². The zero-order valence-electron chi connectivity index (χ0n) is 12.7. The highest BCUT2D eigenvalue weighted by molar-refractivity contribution is 7.13. The van der Waals surface area contributed by atoms with Gasteiger partial charge in [0.25, 0.3) is 0 Å². The zero-order chi connectivity index (χ0) is 15.1. The lowest BCUT2D eigenvalue weighted by Gasteiger charge is -2.11. The third kappa shape index (κ3) is 4.90. The summed E-state index contributed by atoms with van der Waals surface area (Å²) in [5, 5.41) is 8.54. The van der Waals surface area contributed by atoms with E-state index in [1.165, 1.54) is 0 Å². The first kappa shape index (κ1) is 15.6. The van der Waals surface area contributed by atoms with Crippen LogP contribution in [0.2, 0.25) is 0 Å². The van der Waals surface area contributed by atoms with Crippen LogP contribution in [-0.4, -0.2) is 24.5 Å². The van der Waals surface area contributed by atoms with E-state index in [0.29, 0.717) is 18.4 Å². The average molecular weight is 306 g/mol. The Labute approximate surface area is 129 Å². The van der Waals surface area contributed by atoms with Gasteiger partial charge < -0.3 is 15.1 Å². The fourth-order valence-electron chi connectivity index (χ4n) is 1.78. The summed E-state index contributed by atoms with van der Waals surface area (Å²) < 4.78 is 5.49. The summed E-state index contributed by atoms with van der Waals surface area (Å²) in [5.41, 5.74) is 0.866. The summed E-state index contributed by atoms with van der Waals surface area (Å²) in [7, 11) is 1.77. The van der Waals surface area contributed by atoms with E-state index in [2.05, 4.69) is 34.5 Å². The molecule has 0 aliphatic heterocycles. The third-order valence-electron chi connectivity index (χ3n) is 2.96. The van der Waals surface area contributed by atoms with Crippen molar-refractivity contribution in [2.24, 2.45) is 10.9 Å². The molecule has 0 unspecified atom stereocenters. The Balaban J connectivity index is 1.82. The van der Waals surface area contributed by atoms with Crippen molar-refractivity contribution in [3.8, 4) is 10.8 Å². The number of hydrogen-bond donors (Lipinski definition) is 2. The van der Waals surface area contributed by atoms with Gasteiger partial charge in [-0.15, -0.1) is 11.3 Å². The number of aliphatic imine (C=N–C) groups is 1. The molecule has 0 aliphatic rings. The van der Waals surface area contributed by atoms with Crippen molar-refractivity contribution >= 4 is 17.3 Å². The third-order valence-corrected chi connectivity index (χ3v) is 3.82. The Bertz CT molecular complexity index is 560. The minimum Gasteiger partial charge on any atom is -0.443 e. The van der Waals surface area contributed by atoms with Gasteiger partial charge in [-0.2, -0.15) is 0 Å². The molecule has 0 aliphatic carbocycles. The molecule has 2 aromatic heterocycles. The lowest BCUT2D eigenvalue weighted by atomic mass is 10.1. The molecule has 21 heavy (non-hydrogen) atoms. The number of guanidine groups is 1. The molecule has 0 amide bonds. The molecule has 0 saturated heterocycles. The van der Waals surface area contributed by atoms with Gasteiger partial charge in [0.1, 0.15) is 6.26 Å². The van der Waals surface area contributed by atoms with Crippen LogP contribution in [0.25, 0.3) is 10.8 Å². The van der Waals surface area contributed by atoms with Gasteiger partial charge in [-0.3, -0.25) is 4.99 Å². The molecule has 6 heteroatoms. The molecule has 0 atom stereocenters. The van der Waals surface area contributed by atoms with Crippen LogP contribution < -0.4 is 10.6 Å². The van der Waals surface area contributed by atoms with Crippen molar-refractivity contribution in [3.05, 3.63) is 29.5 Å². The quantitative estimate of drug-likeness (QED) is 0.636. The molecular formula is C15H22N4OS. The van der Waals surface area contributed by atoms with E-state index in [1.807, 2.05) is 17.5 Å². The number of nitrogens with one attached hydrogen (secondary N) is 2. The number of hydrogen-bond acceptors (Lipinski definition) is 4. The molecular weight excluding hydrogens is 284 g/mol.